The molecular formula is C24H16KN4O2V+. The van der Waals surface area contributed by atoms with E-state index in [-0.39, 0.29) is 80.9 Å². The van der Waals surface area contributed by atoms with Gasteiger partial charge in [-0.15, -0.1) is 0 Å². The molecule has 8 heteroatoms. The van der Waals surface area contributed by atoms with Gasteiger partial charge in [-0.05, 0) is 24.3 Å². The standard InChI is InChI=1S/2C12H8N2.K.2O.V/c2*1-3-9-5-6-10-4-2-8-14-12(10)11(9)13-7-1;;;;/h2*1-8H;;;;/q;;+1;2*-2;+4. The maximum atomic E-state index is 4.35. The topological polar surface area (TPSA) is 109 Å². The Kier molecular flexibility index (Phi) is 11.5. The normalized spacial score (nSPS) is 9.50. The fourth-order valence-corrected chi connectivity index (χ4v) is 3.36. The molecule has 4 aromatic heterocycles. The molecule has 0 saturated carbocycles. The van der Waals surface area contributed by atoms with Crippen molar-refractivity contribution < 1.29 is 80.9 Å². The molecule has 149 valence electrons. The van der Waals surface area contributed by atoms with Gasteiger partial charge in [0.1, 0.15) is 0 Å². The van der Waals surface area contributed by atoms with Crippen LogP contribution in [0.15, 0.2) is 97.6 Å². The van der Waals surface area contributed by atoms with Crippen molar-refractivity contribution in [2.75, 3.05) is 0 Å². The fourth-order valence-electron chi connectivity index (χ4n) is 3.36. The third-order valence-corrected chi connectivity index (χ3v) is 4.69. The Labute approximate surface area is 239 Å². The van der Waals surface area contributed by atoms with Crippen LogP contribution in [0, 0.1) is 0 Å². The van der Waals surface area contributed by atoms with Crippen molar-refractivity contribution in [2.45, 2.75) is 0 Å². The summed E-state index contributed by atoms with van der Waals surface area (Å²) in [5, 5.41) is 4.55. The summed E-state index contributed by atoms with van der Waals surface area (Å²) in [5.41, 5.74) is 3.91. The average molecular weight is 482 g/mol. The molecule has 4 heterocycles. The number of nitrogens with zero attached hydrogens (tertiary/aromatic N) is 4. The van der Waals surface area contributed by atoms with Crippen LogP contribution in [-0.2, 0) is 29.5 Å². The molecule has 6 rings (SSSR count). The number of benzene rings is 2. The molecule has 6 nitrogen and oxygen atoms in total. The third-order valence-electron chi connectivity index (χ3n) is 4.69. The van der Waals surface area contributed by atoms with Gasteiger partial charge in [-0.1, -0.05) is 48.5 Å². The van der Waals surface area contributed by atoms with Gasteiger partial charge in [-0.2, -0.15) is 0 Å². The van der Waals surface area contributed by atoms with E-state index in [4.69, 9.17) is 0 Å². The molecule has 0 atom stereocenters. The van der Waals surface area contributed by atoms with Crippen LogP contribution >= 0.6 is 0 Å². The molecule has 0 unspecified atom stereocenters. The maximum absolute atomic E-state index is 4.35. The summed E-state index contributed by atoms with van der Waals surface area (Å²) < 4.78 is 0. The molecule has 0 N–H and O–H groups in total. The fraction of sp³-hybridized carbons (Fsp3) is 0. The second kappa shape index (κ2) is 13.1. The Morgan fingerprint density at radius 1 is 0.375 bits per heavy atom. The van der Waals surface area contributed by atoms with Gasteiger partial charge in [0.25, 0.3) is 0 Å². The number of fused-ring (bicyclic) bond motifs is 6. The molecule has 2 aromatic carbocycles. The number of rotatable bonds is 0. The van der Waals surface area contributed by atoms with Crippen molar-refractivity contribution in [3.05, 3.63) is 97.6 Å². The first kappa shape index (κ1) is 28.3. The summed E-state index contributed by atoms with van der Waals surface area (Å²) in [6, 6.07) is 24.3. The molecule has 0 saturated heterocycles. The largest absolute Gasteiger partial charge is 4.00 e. The summed E-state index contributed by atoms with van der Waals surface area (Å²) in [6.45, 7) is 0. The van der Waals surface area contributed by atoms with Crippen molar-refractivity contribution in [3.63, 3.8) is 0 Å². The van der Waals surface area contributed by atoms with Crippen molar-refractivity contribution in [3.8, 4) is 0 Å². The molecule has 32 heavy (non-hydrogen) atoms. The van der Waals surface area contributed by atoms with Crippen molar-refractivity contribution >= 4 is 43.6 Å². The van der Waals surface area contributed by atoms with Gasteiger partial charge in [0.2, 0.25) is 0 Å². The maximum Gasteiger partial charge on any atom is 4.00 e. The van der Waals surface area contributed by atoms with Gasteiger partial charge in [0.15, 0.2) is 0 Å². The molecule has 0 spiro atoms. The smallest absolute Gasteiger partial charge is 2.00 e. The molecule has 6 aromatic rings. The van der Waals surface area contributed by atoms with E-state index in [2.05, 4.69) is 68.5 Å². The van der Waals surface area contributed by atoms with E-state index in [1.165, 1.54) is 0 Å². The zero-order valence-corrected chi connectivity index (χ0v) is 21.8. The predicted octanol–water partition coefficient (Wildman–Crippen LogP) is 2.33. The van der Waals surface area contributed by atoms with E-state index < -0.39 is 0 Å². The summed E-state index contributed by atoms with van der Waals surface area (Å²) in [4.78, 5) is 17.4. The van der Waals surface area contributed by atoms with Crippen LogP contribution in [0.2, 0.25) is 0 Å². The number of aromatic nitrogens is 4. The Balaban J connectivity index is 0.000000284. The van der Waals surface area contributed by atoms with Gasteiger partial charge in [0, 0.05) is 46.3 Å². The van der Waals surface area contributed by atoms with Gasteiger partial charge in [0.05, 0.1) is 22.1 Å². The van der Waals surface area contributed by atoms with Crippen LogP contribution in [0.3, 0.4) is 0 Å². The Morgan fingerprint density at radius 3 is 0.812 bits per heavy atom. The minimum Gasteiger partial charge on any atom is -2.00 e. The number of hydrogen-bond acceptors (Lipinski definition) is 4. The van der Waals surface area contributed by atoms with Crippen LogP contribution in [0.4, 0.5) is 0 Å². The van der Waals surface area contributed by atoms with Crippen molar-refractivity contribution in [1.82, 2.24) is 19.9 Å². The second-order valence-electron chi connectivity index (χ2n) is 6.43. The van der Waals surface area contributed by atoms with Crippen molar-refractivity contribution in [1.29, 1.82) is 0 Å². The second-order valence-corrected chi connectivity index (χ2v) is 6.43. The summed E-state index contributed by atoms with van der Waals surface area (Å²) in [6.07, 6.45) is 7.21. The summed E-state index contributed by atoms with van der Waals surface area (Å²) >= 11 is 0. The van der Waals surface area contributed by atoms with E-state index in [1.54, 1.807) is 24.8 Å². The van der Waals surface area contributed by atoms with E-state index in [0.717, 1.165) is 43.6 Å². The zero-order chi connectivity index (χ0) is 18.8. The molecule has 0 aliphatic carbocycles. The predicted molar refractivity (Wildman–Crippen MR) is 115 cm³/mol. The summed E-state index contributed by atoms with van der Waals surface area (Å²) in [7, 11) is 0. The number of hydrogen-bond donors (Lipinski definition) is 0. The van der Waals surface area contributed by atoms with Crippen LogP contribution in [-0.4, -0.2) is 19.9 Å². The minimum atomic E-state index is 0. The first-order valence-electron chi connectivity index (χ1n) is 9.07. The van der Waals surface area contributed by atoms with E-state index in [0.29, 0.717) is 0 Å². The minimum absolute atomic E-state index is 0. The molecule has 0 amide bonds. The molecule has 0 aliphatic heterocycles. The first-order chi connectivity index (χ1) is 13.9. The van der Waals surface area contributed by atoms with Gasteiger partial charge >= 0.3 is 69.9 Å². The van der Waals surface area contributed by atoms with Crippen molar-refractivity contribution in [2.24, 2.45) is 0 Å². The Bertz CT molecular complexity index is 1230. The quantitative estimate of drug-likeness (QED) is 0.245. The van der Waals surface area contributed by atoms with E-state index in [1.807, 2.05) is 24.3 Å². The first-order valence-corrected chi connectivity index (χ1v) is 9.07. The molecule has 0 bridgehead atoms. The van der Waals surface area contributed by atoms with Gasteiger partial charge in [-0.25, -0.2) is 0 Å². The molecule has 1 radical (unpaired) electrons. The Hall–Kier alpha value is -1.78. The van der Waals surface area contributed by atoms with Crippen LogP contribution in [0.5, 0.6) is 0 Å². The molecule has 0 aliphatic rings. The van der Waals surface area contributed by atoms with Crippen LogP contribution in [0.1, 0.15) is 0 Å². The van der Waals surface area contributed by atoms with Gasteiger partial charge < -0.3 is 11.0 Å². The SMILES string of the molecule is [K+].[O-2].[O-2].[V+4].c1cnc2c(c1)ccc1cccnc12.c1cnc2c(c1)ccc1cccnc12. The summed E-state index contributed by atoms with van der Waals surface area (Å²) in [5.74, 6) is 0. The van der Waals surface area contributed by atoms with E-state index >= 15 is 0 Å². The van der Waals surface area contributed by atoms with Crippen LogP contribution in [0.25, 0.3) is 43.6 Å². The average Bonchev–Trinajstić information content (AvgIpc) is 2.79. The van der Waals surface area contributed by atoms with Crippen LogP contribution < -0.4 is 51.4 Å². The molecule has 0 fully saturated rings. The van der Waals surface area contributed by atoms with E-state index in [9.17, 15) is 0 Å². The molecular weight excluding hydrogens is 466 g/mol. The zero-order valence-electron chi connectivity index (χ0n) is 17.3. The third kappa shape index (κ3) is 5.77. The number of pyridine rings is 4. The Morgan fingerprint density at radius 2 is 0.594 bits per heavy atom. The monoisotopic (exact) mass is 482 g/mol. The van der Waals surface area contributed by atoms with Gasteiger partial charge in [-0.3, -0.25) is 19.9 Å².